The molecule has 0 unspecified atom stereocenters. The number of hydrogen-bond donors (Lipinski definition) is 1. The zero-order valence-electron chi connectivity index (χ0n) is 16.1. The van der Waals surface area contributed by atoms with Crippen LogP contribution in [0.1, 0.15) is 25.5 Å². The molecule has 0 aromatic heterocycles. The highest BCUT2D eigenvalue weighted by Crippen LogP contribution is 2.25. The highest BCUT2D eigenvalue weighted by molar-refractivity contribution is 7.86. The van der Waals surface area contributed by atoms with Gasteiger partial charge in [0.15, 0.2) is 0 Å². The predicted octanol–water partition coefficient (Wildman–Crippen LogP) is 0.324. The Morgan fingerprint density at radius 2 is 1.61 bits per heavy atom. The molecule has 2 aliphatic heterocycles. The fourth-order valence-electron chi connectivity index (χ4n) is 3.87. The van der Waals surface area contributed by atoms with Gasteiger partial charge < -0.3 is 10.5 Å². The number of piperazine rings is 1. The first kappa shape index (κ1) is 21.1. The number of nitrogens with zero attached hydrogens (tertiary/aromatic N) is 3. The van der Waals surface area contributed by atoms with E-state index in [1.165, 1.54) is 32.9 Å². The molecular formula is C18H27FN4O4S. The van der Waals surface area contributed by atoms with E-state index >= 15 is 0 Å². The van der Waals surface area contributed by atoms with E-state index in [9.17, 15) is 17.6 Å². The van der Waals surface area contributed by atoms with Crippen molar-refractivity contribution in [2.45, 2.75) is 32.1 Å². The minimum atomic E-state index is -3.60. The van der Waals surface area contributed by atoms with Crippen LogP contribution in [-0.4, -0.2) is 79.3 Å². The molecule has 1 aromatic rings. The van der Waals surface area contributed by atoms with Crippen LogP contribution in [0.3, 0.4) is 0 Å². The average Bonchev–Trinajstić information content (AvgIpc) is 2.63. The Labute approximate surface area is 165 Å². The van der Waals surface area contributed by atoms with Gasteiger partial charge in [0.05, 0.1) is 12.2 Å². The van der Waals surface area contributed by atoms with E-state index in [1.54, 1.807) is 0 Å². The quantitative estimate of drug-likeness (QED) is 0.749. The Bertz CT molecular complexity index is 786. The molecule has 2 aliphatic rings. The van der Waals surface area contributed by atoms with Gasteiger partial charge in [-0.25, -0.2) is 4.39 Å². The maximum atomic E-state index is 13.2. The molecule has 0 radical (unpaired) electrons. The van der Waals surface area contributed by atoms with E-state index < -0.39 is 28.0 Å². The second-order valence-corrected chi connectivity index (χ2v) is 9.30. The summed E-state index contributed by atoms with van der Waals surface area (Å²) in [6, 6.07) is 4.92. The fraction of sp³-hybridized carbons (Fsp3) is 0.611. The molecule has 2 saturated heterocycles. The Kier molecular flexibility index (Phi) is 6.35. The molecule has 1 aromatic carbocycles. The summed E-state index contributed by atoms with van der Waals surface area (Å²) < 4.78 is 47.7. The lowest BCUT2D eigenvalue weighted by molar-refractivity contribution is -0.124. The number of benzene rings is 1. The van der Waals surface area contributed by atoms with Crippen LogP contribution in [-0.2, 0) is 19.7 Å². The van der Waals surface area contributed by atoms with E-state index in [0.29, 0.717) is 31.7 Å². The lowest BCUT2D eigenvalue weighted by Gasteiger charge is -2.41. The van der Waals surface area contributed by atoms with Crippen LogP contribution < -0.4 is 5.73 Å². The molecule has 2 N–H and O–H groups in total. The first-order valence-corrected chi connectivity index (χ1v) is 10.8. The molecule has 0 aliphatic carbocycles. The van der Waals surface area contributed by atoms with Crippen molar-refractivity contribution < 1.29 is 22.3 Å². The second-order valence-electron chi connectivity index (χ2n) is 7.37. The van der Waals surface area contributed by atoms with Crippen molar-refractivity contribution in [2.75, 3.05) is 39.3 Å². The van der Waals surface area contributed by atoms with Crippen LogP contribution in [0.4, 0.5) is 4.39 Å². The maximum Gasteiger partial charge on any atom is 0.282 e. The summed E-state index contributed by atoms with van der Waals surface area (Å²) in [6.07, 6.45) is -0.310. The summed E-state index contributed by atoms with van der Waals surface area (Å²) in [5.41, 5.74) is 6.18. The number of nitrogens with two attached hydrogens (primary N) is 1. The number of primary amides is 1. The van der Waals surface area contributed by atoms with Gasteiger partial charge >= 0.3 is 0 Å². The number of amides is 1. The minimum Gasteiger partial charge on any atom is -0.373 e. The summed E-state index contributed by atoms with van der Waals surface area (Å²) in [7, 11) is -3.60. The van der Waals surface area contributed by atoms with Crippen LogP contribution in [0, 0.1) is 5.82 Å². The standard InChI is InChI=1S/C18H27FN4O4S/c1-13-11-23(12-14(2)27-13)28(25,26)22-9-7-21(8-10-22)17(18(20)24)15-3-5-16(19)6-4-15/h3-6,13-14,17H,7-12H2,1-2H3,(H2,20,24)/t13-,14-,17+/m1/s1. The smallest absolute Gasteiger partial charge is 0.282 e. The van der Waals surface area contributed by atoms with Crippen molar-refractivity contribution in [2.24, 2.45) is 5.73 Å². The average molecular weight is 415 g/mol. The van der Waals surface area contributed by atoms with Gasteiger partial charge in [0.25, 0.3) is 10.2 Å². The van der Waals surface area contributed by atoms with Gasteiger partial charge in [-0.2, -0.15) is 17.0 Å². The Morgan fingerprint density at radius 1 is 1.07 bits per heavy atom. The molecular weight excluding hydrogens is 387 g/mol. The normalized spacial score (nSPS) is 26.8. The first-order valence-electron chi connectivity index (χ1n) is 9.38. The summed E-state index contributed by atoms with van der Waals surface area (Å²) in [4.78, 5) is 13.9. The molecule has 0 saturated carbocycles. The topological polar surface area (TPSA) is 96.2 Å². The van der Waals surface area contributed by atoms with Crippen LogP contribution in [0.25, 0.3) is 0 Å². The van der Waals surface area contributed by atoms with E-state index in [4.69, 9.17) is 10.5 Å². The molecule has 3 rings (SSSR count). The Hall–Kier alpha value is -1.59. The lowest BCUT2D eigenvalue weighted by atomic mass is 10.0. The molecule has 8 nitrogen and oxygen atoms in total. The Morgan fingerprint density at radius 3 is 2.11 bits per heavy atom. The van der Waals surface area contributed by atoms with Crippen molar-refractivity contribution in [1.82, 2.24) is 13.5 Å². The van der Waals surface area contributed by atoms with Gasteiger partial charge in [-0.05, 0) is 31.5 Å². The number of rotatable bonds is 5. The van der Waals surface area contributed by atoms with Crippen molar-refractivity contribution in [3.8, 4) is 0 Å². The molecule has 0 bridgehead atoms. The number of morpholine rings is 1. The van der Waals surface area contributed by atoms with Crippen LogP contribution in [0.2, 0.25) is 0 Å². The molecule has 156 valence electrons. The highest BCUT2D eigenvalue weighted by Gasteiger charge is 2.38. The summed E-state index contributed by atoms with van der Waals surface area (Å²) >= 11 is 0. The monoisotopic (exact) mass is 414 g/mol. The Balaban J connectivity index is 1.68. The van der Waals surface area contributed by atoms with Gasteiger partial charge in [0.1, 0.15) is 11.9 Å². The third-order valence-electron chi connectivity index (χ3n) is 5.13. The maximum absolute atomic E-state index is 13.2. The number of carbonyl (C=O) groups is 1. The van der Waals surface area contributed by atoms with Crippen molar-refractivity contribution in [3.63, 3.8) is 0 Å². The number of halogens is 1. The molecule has 10 heteroatoms. The third-order valence-corrected chi connectivity index (χ3v) is 7.10. The van der Waals surface area contributed by atoms with Gasteiger partial charge in [0, 0.05) is 39.3 Å². The molecule has 1 amide bonds. The van der Waals surface area contributed by atoms with Gasteiger partial charge in [0.2, 0.25) is 5.91 Å². The number of hydrogen-bond acceptors (Lipinski definition) is 5. The van der Waals surface area contributed by atoms with E-state index in [1.807, 2.05) is 18.7 Å². The van der Waals surface area contributed by atoms with Crippen LogP contribution >= 0.6 is 0 Å². The van der Waals surface area contributed by atoms with Crippen LogP contribution in [0.15, 0.2) is 24.3 Å². The second kappa shape index (κ2) is 8.42. The molecule has 3 atom stereocenters. The summed E-state index contributed by atoms with van der Waals surface area (Å²) in [5, 5.41) is 0. The molecule has 0 spiro atoms. The number of ether oxygens (including phenoxy) is 1. The van der Waals surface area contributed by atoms with Gasteiger partial charge in [-0.3, -0.25) is 9.69 Å². The predicted molar refractivity (Wildman–Crippen MR) is 102 cm³/mol. The van der Waals surface area contributed by atoms with Gasteiger partial charge in [-0.15, -0.1) is 0 Å². The summed E-state index contributed by atoms with van der Waals surface area (Å²) in [5.74, 6) is -0.935. The lowest BCUT2D eigenvalue weighted by Crippen LogP contribution is -2.58. The van der Waals surface area contributed by atoms with Crippen molar-refractivity contribution >= 4 is 16.1 Å². The molecule has 28 heavy (non-hydrogen) atoms. The van der Waals surface area contributed by atoms with E-state index in [-0.39, 0.29) is 25.3 Å². The molecule has 2 fully saturated rings. The first-order chi connectivity index (χ1) is 13.2. The SMILES string of the molecule is C[C@@H]1CN(S(=O)(=O)N2CCN([C@H](C(N)=O)c3ccc(F)cc3)CC2)C[C@@H](C)O1. The van der Waals surface area contributed by atoms with E-state index in [0.717, 1.165) is 0 Å². The van der Waals surface area contributed by atoms with Crippen LogP contribution in [0.5, 0.6) is 0 Å². The van der Waals surface area contributed by atoms with E-state index in [2.05, 4.69) is 0 Å². The zero-order valence-corrected chi connectivity index (χ0v) is 16.9. The zero-order chi connectivity index (χ0) is 20.5. The third kappa shape index (κ3) is 4.52. The minimum absolute atomic E-state index is 0.155. The van der Waals surface area contributed by atoms with Crippen molar-refractivity contribution in [1.29, 1.82) is 0 Å². The fourth-order valence-corrected chi connectivity index (χ4v) is 5.62. The van der Waals surface area contributed by atoms with Gasteiger partial charge in [-0.1, -0.05) is 12.1 Å². The largest absolute Gasteiger partial charge is 0.373 e. The van der Waals surface area contributed by atoms with Crippen molar-refractivity contribution in [3.05, 3.63) is 35.6 Å². The number of carbonyl (C=O) groups excluding carboxylic acids is 1. The molecule has 2 heterocycles. The highest BCUT2D eigenvalue weighted by atomic mass is 32.2. The summed E-state index contributed by atoms with van der Waals surface area (Å²) in [6.45, 7) is 5.60.